The van der Waals surface area contributed by atoms with Gasteiger partial charge in [0.05, 0.1) is 5.65 Å². The summed E-state index contributed by atoms with van der Waals surface area (Å²) in [5.74, 6) is 1.68. The van der Waals surface area contributed by atoms with E-state index < -0.39 is 0 Å². The summed E-state index contributed by atoms with van der Waals surface area (Å²) in [6, 6.07) is 47.2. The Morgan fingerprint density at radius 1 is 0.696 bits per heavy atom. The standard InChI is InChI=1S/C39H24N5O.Pt/c1-24-12-6-7-15-28(24)38-41-42-39-32-23-36(40-25(2)37(32)31-17-9-11-19-34(31)44(38)39)45-27-20-21-30-29-16-8-10-18-33(29)43(35(30)22-27)26-13-4-3-5-14-26;/h3-13,15-21H,1-2H3;/q-3;. The van der Waals surface area contributed by atoms with Gasteiger partial charge >= 0.3 is 0 Å². The minimum atomic E-state index is 0. The summed E-state index contributed by atoms with van der Waals surface area (Å²) in [5.41, 5.74) is 7.64. The molecule has 7 heteroatoms. The zero-order valence-corrected chi connectivity index (χ0v) is 27.1. The Bertz CT molecular complexity index is 2600. The maximum absolute atomic E-state index is 6.43. The monoisotopic (exact) mass is 773 g/mol. The molecule has 0 N–H and O–H groups in total. The van der Waals surface area contributed by atoms with E-state index in [1.165, 1.54) is 0 Å². The predicted octanol–water partition coefficient (Wildman–Crippen LogP) is 9.00. The molecule has 6 nitrogen and oxygen atoms in total. The normalized spacial score (nSPS) is 11.5. The van der Waals surface area contributed by atoms with Gasteiger partial charge in [0.25, 0.3) is 0 Å². The van der Waals surface area contributed by atoms with E-state index in [1.54, 1.807) is 0 Å². The van der Waals surface area contributed by atoms with Crippen molar-refractivity contribution in [3.8, 4) is 28.7 Å². The molecule has 0 atom stereocenters. The number of hydrogen-bond acceptors (Lipinski definition) is 4. The minimum Gasteiger partial charge on any atom is -0.477 e. The van der Waals surface area contributed by atoms with Crippen LogP contribution in [0.5, 0.6) is 11.6 Å². The number of pyridine rings is 2. The molecule has 9 aromatic rings. The van der Waals surface area contributed by atoms with E-state index in [1.807, 2.05) is 61.5 Å². The summed E-state index contributed by atoms with van der Waals surface area (Å²) in [6.07, 6.45) is 0. The zero-order valence-electron chi connectivity index (χ0n) is 24.9. The molecule has 0 unspecified atom stereocenters. The number of fused-ring (bicyclic) bond motifs is 9. The molecule has 0 saturated carbocycles. The van der Waals surface area contributed by atoms with Crippen molar-refractivity contribution in [3.05, 3.63) is 139 Å². The third-order valence-electron chi connectivity index (χ3n) is 8.50. The van der Waals surface area contributed by atoms with Crippen LogP contribution in [0.3, 0.4) is 0 Å². The fourth-order valence-electron chi connectivity index (χ4n) is 6.50. The van der Waals surface area contributed by atoms with Gasteiger partial charge in [0.2, 0.25) is 0 Å². The van der Waals surface area contributed by atoms with Gasteiger partial charge in [0.15, 0.2) is 11.7 Å². The molecule has 4 heterocycles. The van der Waals surface area contributed by atoms with Gasteiger partial charge < -0.3 is 13.7 Å². The third-order valence-corrected chi connectivity index (χ3v) is 8.50. The molecule has 0 aliphatic heterocycles. The first-order valence-corrected chi connectivity index (χ1v) is 14.8. The maximum atomic E-state index is 6.43. The average Bonchev–Trinajstić information content (AvgIpc) is 3.65. The van der Waals surface area contributed by atoms with Crippen molar-refractivity contribution in [1.82, 2.24) is 24.1 Å². The molecule has 0 saturated heterocycles. The Labute approximate surface area is 279 Å². The number of nitrogens with zero attached hydrogens (tertiary/aromatic N) is 5. The second kappa shape index (κ2) is 10.9. The van der Waals surface area contributed by atoms with Crippen LogP contribution in [-0.4, -0.2) is 24.1 Å². The SMILES string of the molecule is Cc1ccccc1-c1nnc2c3[c-]c(Oc4[c-]c5c(cc4)c4ccccc4n5-c4[c-]cccc4)nc(C)c3c3ccccc3n12.[Pt]. The number of rotatable bonds is 4. The number of hydrogen-bond donors (Lipinski definition) is 0. The summed E-state index contributed by atoms with van der Waals surface area (Å²) < 4.78 is 10.7. The van der Waals surface area contributed by atoms with Crippen molar-refractivity contribution in [1.29, 1.82) is 0 Å². The van der Waals surface area contributed by atoms with Crippen LogP contribution in [0.15, 0.2) is 109 Å². The van der Waals surface area contributed by atoms with Crippen LogP contribution in [0, 0.1) is 32.0 Å². The third kappa shape index (κ3) is 4.25. The van der Waals surface area contributed by atoms with E-state index in [4.69, 9.17) is 14.8 Å². The van der Waals surface area contributed by atoms with E-state index in [9.17, 15) is 0 Å². The van der Waals surface area contributed by atoms with Gasteiger partial charge in [0.1, 0.15) is 0 Å². The predicted molar refractivity (Wildman–Crippen MR) is 178 cm³/mol. The molecule has 0 fully saturated rings. The second-order valence-corrected chi connectivity index (χ2v) is 11.2. The van der Waals surface area contributed by atoms with Gasteiger partial charge in [-0.15, -0.1) is 40.1 Å². The number of benzene rings is 5. The molecule has 5 aromatic carbocycles. The summed E-state index contributed by atoms with van der Waals surface area (Å²) in [7, 11) is 0. The van der Waals surface area contributed by atoms with Gasteiger partial charge in [-0.1, -0.05) is 77.3 Å². The quantitative estimate of drug-likeness (QED) is 0.132. The van der Waals surface area contributed by atoms with Crippen molar-refractivity contribution < 1.29 is 25.8 Å². The van der Waals surface area contributed by atoms with Gasteiger partial charge in [-0.2, -0.15) is 35.4 Å². The molecule has 0 radical (unpaired) electrons. The van der Waals surface area contributed by atoms with Crippen LogP contribution < -0.4 is 4.74 Å². The molecule has 0 spiro atoms. The Morgan fingerprint density at radius 2 is 1.46 bits per heavy atom. The van der Waals surface area contributed by atoms with Crippen molar-refractivity contribution in [2.24, 2.45) is 0 Å². The van der Waals surface area contributed by atoms with Gasteiger partial charge in [-0.3, -0.25) is 0 Å². The topological polar surface area (TPSA) is 57.2 Å². The van der Waals surface area contributed by atoms with Gasteiger partial charge in [-0.25, -0.2) is 4.98 Å². The molecule has 224 valence electrons. The van der Waals surface area contributed by atoms with Crippen LogP contribution in [0.2, 0.25) is 0 Å². The number of para-hydroxylation sites is 3. The fourth-order valence-corrected chi connectivity index (χ4v) is 6.50. The summed E-state index contributed by atoms with van der Waals surface area (Å²) >= 11 is 0. The Hall–Kier alpha value is -5.32. The molecule has 4 aromatic heterocycles. The summed E-state index contributed by atoms with van der Waals surface area (Å²) in [6.45, 7) is 4.09. The maximum Gasteiger partial charge on any atom is 0.156 e. The molecule has 46 heavy (non-hydrogen) atoms. The average molecular weight is 774 g/mol. The van der Waals surface area contributed by atoms with E-state index in [0.717, 1.165) is 71.8 Å². The zero-order chi connectivity index (χ0) is 30.1. The summed E-state index contributed by atoms with van der Waals surface area (Å²) in [4.78, 5) is 4.87. The number of ether oxygens (including phenoxy) is 1. The van der Waals surface area contributed by atoms with E-state index in [0.29, 0.717) is 17.3 Å². The van der Waals surface area contributed by atoms with Crippen LogP contribution in [0.1, 0.15) is 11.3 Å². The minimum absolute atomic E-state index is 0. The molecular weight excluding hydrogens is 750 g/mol. The van der Waals surface area contributed by atoms with Crippen LogP contribution in [-0.2, 0) is 21.1 Å². The van der Waals surface area contributed by atoms with Crippen molar-refractivity contribution in [2.75, 3.05) is 0 Å². The first-order valence-electron chi connectivity index (χ1n) is 14.8. The molecule has 0 aliphatic carbocycles. The summed E-state index contributed by atoms with van der Waals surface area (Å²) in [5, 5.41) is 14.4. The fraction of sp³-hybridized carbons (Fsp3) is 0.0513. The van der Waals surface area contributed by atoms with Crippen molar-refractivity contribution in [3.63, 3.8) is 0 Å². The van der Waals surface area contributed by atoms with Crippen LogP contribution in [0.25, 0.3) is 66.2 Å². The Morgan fingerprint density at radius 3 is 2.28 bits per heavy atom. The van der Waals surface area contributed by atoms with Crippen LogP contribution >= 0.6 is 0 Å². The van der Waals surface area contributed by atoms with Crippen molar-refractivity contribution in [2.45, 2.75) is 13.8 Å². The molecule has 0 amide bonds. The number of aromatic nitrogens is 5. The van der Waals surface area contributed by atoms with Crippen LogP contribution in [0.4, 0.5) is 0 Å². The smallest absolute Gasteiger partial charge is 0.156 e. The van der Waals surface area contributed by atoms with Crippen molar-refractivity contribution >= 4 is 49.1 Å². The molecule has 9 rings (SSSR count). The van der Waals surface area contributed by atoms with Gasteiger partial charge in [0, 0.05) is 43.4 Å². The van der Waals surface area contributed by atoms with E-state index >= 15 is 0 Å². The largest absolute Gasteiger partial charge is 0.477 e. The molecular formula is C39H24N5OPt-3. The second-order valence-electron chi connectivity index (χ2n) is 11.2. The molecule has 0 aliphatic rings. The Balaban J connectivity index is 0.00000312. The first-order chi connectivity index (χ1) is 22.2. The van der Waals surface area contributed by atoms with Gasteiger partial charge in [-0.05, 0) is 48.0 Å². The van der Waals surface area contributed by atoms with E-state index in [-0.39, 0.29) is 21.1 Å². The number of aryl methyl sites for hydroxylation is 2. The Kier molecular flexibility index (Phi) is 6.70. The molecule has 0 bridgehead atoms. The van der Waals surface area contributed by atoms with E-state index in [2.05, 4.69) is 93.8 Å². The first kappa shape index (κ1) is 28.2.